The summed E-state index contributed by atoms with van der Waals surface area (Å²) in [6.45, 7) is 3.83. The van der Waals surface area contributed by atoms with Crippen molar-refractivity contribution in [3.05, 3.63) is 0 Å². The Hall–Kier alpha value is -0.810. The first-order valence-electron chi connectivity index (χ1n) is 22.2. The molecule has 1 fully saturated rings. The maximum atomic E-state index is 12.9. The molecule has 52 heavy (non-hydrogen) atoms. The van der Waals surface area contributed by atoms with Crippen molar-refractivity contribution < 1.29 is 39.8 Å². The van der Waals surface area contributed by atoms with Gasteiger partial charge in [-0.15, -0.1) is 0 Å². The SMILES string of the molecule is CCCCCCCCCCCCCCCCCCCC(=O)N[C@@H](CO[C@@H]1O[C@H](CO)[C@H](O)C(O)C1O)[C@H](O)CCCCCCCCCCCCCC. The lowest BCUT2D eigenvalue weighted by molar-refractivity contribution is -0.302. The van der Waals surface area contributed by atoms with Crippen LogP contribution in [0, 0.1) is 0 Å². The summed E-state index contributed by atoms with van der Waals surface area (Å²) in [6, 6.07) is -0.710. The van der Waals surface area contributed by atoms with E-state index in [1.807, 2.05) is 0 Å². The molecule has 0 bridgehead atoms. The van der Waals surface area contributed by atoms with Crippen LogP contribution in [0.5, 0.6) is 0 Å². The van der Waals surface area contributed by atoms with Gasteiger partial charge in [0.25, 0.3) is 0 Å². The van der Waals surface area contributed by atoms with Gasteiger partial charge >= 0.3 is 0 Å². The number of amides is 1. The normalized spacial score (nSPS) is 21.7. The van der Waals surface area contributed by atoms with E-state index in [1.54, 1.807) is 0 Å². The van der Waals surface area contributed by atoms with Gasteiger partial charge < -0.3 is 40.3 Å². The van der Waals surface area contributed by atoms with E-state index >= 15 is 0 Å². The highest BCUT2D eigenvalue weighted by atomic mass is 16.7. The topological polar surface area (TPSA) is 149 Å². The zero-order valence-corrected chi connectivity index (χ0v) is 33.8. The fraction of sp³-hybridized carbons (Fsp3) is 0.977. The van der Waals surface area contributed by atoms with Gasteiger partial charge in [-0.2, -0.15) is 0 Å². The molecule has 9 heteroatoms. The number of hydrogen-bond acceptors (Lipinski definition) is 8. The minimum absolute atomic E-state index is 0.132. The average molecular weight is 744 g/mol. The standard InChI is InChI=1S/C43H85NO8/c1-3-5-7-9-11-13-15-17-18-19-20-21-23-25-27-29-31-33-39(47)44-36(35-51-43-42(50)41(49)40(48)38(34-45)52-43)37(46)32-30-28-26-24-22-16-14-12-10-8-6-4-2/h36-38,40-43,45-46,48-50H,3-35H2,1-2H3,(H,44,47)/t36-,37+,38+,40-,41?,42?,43+/m0/s1. The van der Waals surface area contributed by atoms with E-state index in [0.29, 0.717) is 12.8 Å². The molecule has 9 nitrogen and oxygen atoms in total. The zero-order valence-electron chi connectivity index (χ0n) is 33.8. The third-order valence-corrected chi connectivity index (χ3v) is 11.0. The van der Waals surface area contributed by atoms with Crippen LogP contribution in [-0.2, 0) is 14.3 Å². The van der Waals surface area contributed by atoms with Gasteiger partial charge in [0.05, 0.1) is 25.4 Å². The Kier molecular flexibility index (Phi) is 32.8. The Morgan fingerprint density at radius 3 is 1.37 bits per heavy atom. The van der Waals surface area contributed by atoms with E-state index in [4.69, 9.17) is 9.47 Å². The van der Waals surface area contributed by atoms with Gasteiger partial charge in [-0.3, -0.25) is 4.79 Å². The number of aliphatic hydroxyl groups is 5. The first-order valence-corrected chi connectivity index (χ1v) is 22.2. The molecule has 1 saturated heterocycles. The van der Waals surface area contributed by atoms with Crippen molar-refractivity contribution in [2.75, 3.05) is 13.2 Å². The molecular formula is C43H85NO8. The van der Waals surface area contributed by atoms with Crippen molar-refractivity contribution in [2.45, 2.75) is 256 Å². The van der Waals surface area contributed by atoms with E-state index in [-0.39, 0.29) is 12.5 Å². The van der Waals surface area contributed by atoms with Crippen LogP contribution in [0.15, 0.2) is 0 Å². The van der Waals surface area contributed by atoms with Crippen molar-refractivity contribution in [3.8, 4) is 0 Å². The molecule has 1 aliphatic rings. The highest BCUT2D eigenvalue weighted by Gasteiger charge is 2.44. The molecule has 1 amide bonds. The van der Waals surface area contributed by atoms with Crippen LogP contribution in [0.1, 0.15) is 213 Å². The lowest BCUT2D eigenvalue weighted by Gasteiger charge is -2.40. The molecule has 0 aliphatic carbocycles. The maximum Gasteiger partial charge on any atom is 0.220 e. The van der Waals surface area contributed by atoms with Gasteiger partial charge in [0.1, 0.15) is 24.4 Å². The van der Waals surface area contributed by atoms with Crippen LogP contribution in [0.25, 0.3) is 0 Å². The lowest BCUT2D eigenvalue weighted by Crippen LogP contribution is -2.60. The number of carbonyl (C=O) groups is 1. The van der Waals surface area contributed by atoms with Crippen LogP contribution in [0.4, 0.5) is 0 Å². The second kappa shape index (κ2) is 34.7. The van der Waals surface area contributed by atoms with Gasteiger partial charge in [-0.25, -0.2) is 0 Å². The smallest absolute Gasteiger partial charge is 0.220 e. The number of aliphatic hydroxyl groups excluding tert-OH is 5. The quantitative estimate of drug-likeness (QED) is 0.0346. The zero-order chi connectivity index (χ0) is 38.1. The molecule has 0 aromatic carbocycles. The highest BCUT2D eigenvalue weighted by molar-refractivity contribution is 5.76. The monoisotopic (exact) mass is 744 g/mol. The molecule has 1 heterocycles. The Morgan fingerprint density at radius 2 is 0.962 bits per heavy atom. The molecule has 6 N–H and O–H groups in total. The number of rotatable bonds is 37. The number of nitrogens with one attached hydrogen (secondary N) is 1. The predicted octanol–water partition coefficient (Wildman–Crippen LogP) is 8.78. The number of ether oxygens (including phenoxy) is 2. The maximum absolute atomic E-state index is 12.9. The molecule has 0 radical (unpaired) electrons. The van der Waals surface area contributed by atoms with Crippen molar-refractivity contribution in [1.29, 1.82) is 0 Å². The van der Waals surface area contributed by atoms with Crippen LogP contribution < -0.4 is 5.32 Å². The fourth-order valence-corrected chi connectivity index (χ4v) is 7.34. The van der Waals surface area contributed by atoms with E-state index in [1.165, 1.54) is 148 Å². The summed E-state index contributed by atoms with van der Waals surface area (Å²) in [4.78, 5) is 12.9. The average Bonchev–Trinajstić information content (AvgIpc) is 3.14. The lowest BCUT2D eigenvalue weighted by atomic mass is 9.99. The Balaban J connectivity index is 2.32. The molecule has 0 saturated carbocycles. The van der Waals surface area contributed by atoms with E-state index in [9.17, 15) is 30.3 Å². The first kappa shape index (κ1) is 49.2. The Morgan fingerprint density at radius 1 is 0.577 bits per heavy atom. The Labute approximate surface area is 319 Å². The van der Waals surface area contributed by atoms with E-state index in [2.05, 4.69) is 19.2 Å². The summed E-state index contributed by atoms with van der Waals surface area (Å²) in [7, 11) is 0. The molecular weight excluding hydrogens is 658 g/mol. The number of hydrogen-bond donors (Lipinski definition) is 6. The van der Waals surface area contributed by atoms with Crippen molar-refractivity contribution in [3.63, 3.8) is 0 Å². The van der Waals surface area contributed by atoms with E-state index in [0.717, 1.165) is 38.5 Å². The molecule has 7 atom stereocenters. The number of unbranched alkanes of at least 4 members (excludes halogenated alkanes) is 27. The third kappa shape index (κ3) is 25.3. The van der Waals surface area contributed by atoms with Crippen molar-refractivity contribution in [1.82, 2.24) is 5.32 Å². The number of carbonyl (C=O) groups excluding carboxylic acids is 1. The van der Waals surface area contributed by atoms with Crippen LogP contribution in [-0.4, -0.2) is 87.5 Å². The predicted molar refractivity (Wildman–Crippen MR) is 212 cm³/mol. The first-order chi connectivity index (χ1) is 25.3. The van der Waals surface area contributed by atoms with Crippen LogP contribution in [0.2, 0.25) is 0 Å². The molecule has 1 aliphatic heterocycles. The van der Waals surface area contributed by atoms with E-state index < -0.39 is 49.5 Å². The summed E-state index contributed by atoms with van der Waals surface area (Å²) >= 11 is 0. The summed E-state index contributed by atoms with van der Waals surface area (Å²) in [5.74, 6) is -0.142. The second-order valence-electron chi connectivity index (χ2n) is 15.9. The van der Waals surface area contributed by atoms with Gasteiger partial charge in [0.15, 0.2) is 6.29 Å². The minimum Gasteiger partial charge on any atom is -0.394 e. The third-order valence-electron chi connectivity index (χ3n) is 11.0. The largest absolute Gasteiger partial charge is 0.394 e. The summed E-state index contributed by atoms with van der Waals surface area (Å²) in [6.07, 6.45) is 29.6. The summed E-state index contributed by atoms with van der Waals surface area (Å²) in [5.41, 5.74) is 0. The molecule has 0 aromatic rings. The molecule has 310 valence electrons. The molecule has 0 aromatic heterocycles. The van der Waals surface area contributed by atoms with Crippen molar-refractivity contribution in [2.24, 2.45) is 0 Å². The van der Waals surface area contributed by atoms with Gasteiger partial charge in [-0.1, -0.05) is 194 Å². The Bertz CT molecular complexity index is 786. The summed E-state index contributed by atoms with van der Waals surface area (Å²) < 4.78 is 11.2. The van der Waals surface area contributed by atoms with Crippen molar-refractivity contribution >= 4 is 5.91 Å². The van der Waals surface area contributed by atoms with Gasteiger partial charge in [0.2, 0.25) is 5.91 Å². The molecule has 0 spiro atoms. The summed E-state index contributed by atoms with van der Waals surface area (Å²) in [5, 5.41) is 54.2. The minimum atomic E-state index is -1.55. The molecule has 1 rings (SSSR count). The van der Waals surface area contributed by atoms with Crippen LogP contribution in [0.3, 0.4) is 0 Å². The fourth-order valence-electron chi connectivity index (χ4n) is 7.34. The second-order valence-corrected chi connectivity index (χ2v) is 15.9. The highest BCUT2D eigenvalue weighted by Crippen LogP contribution is 2.23. The van der Waals surface area contributed by atoms with Gasteiger partial charge in [-0.05, 0) is 12.8 Å². The molecule has 2 unspecified atom stereocenters. The van der Waals surface area contributed by atoms with Gasteiger partial charge in [0, 0.05) is 6.42 Å². The van der Waals surface area contributed by atoms with Crippen LogP contribution >= 0.6 is 0 Å².